The third-order valence-corrected chi connectivity index (χ3v) is 5.74. The van der Waals surface area contributed by atoms with Crippen LogP contribution in [0.2, 0.25) is 0 Å². The van der Waals surface area contributed by atoms with Crippen molar-refractivity contribution in [1.82, 2.24) is 9.80 Å². The number of anilines is 1. The number of nitro benzene ring substituents is 1. The van der Waals surface area contributed by atoms with Crippen LogP contribution in [0.25, 0.3) is 0 Å². The molecule has 2 aliphatic heterocycles. The number of carbonyl (C=O) groups excluding carboxylic acids is 1. The van der Waals surface area contributed by atoms with E-state index >= 15 is 0 Å². The minimum Gasteiger partial charge on any atom is -0.366 e. The van der Waals surface area contributed by atoms with Crippen molar-refractivity contribution >= 4 is 17.3 Å². The zero-order valence-electron chi connectivity index (χ0n) is 15.1. The van der Waals surface area contributed by atoms with E-state index in [0.29, 0.717) is 24.3 Å². The third kappa shape index (κ3) is 3.67. The zero-order chi connectivity index (χ0) is 18.1. The number of piperazine rings is 1. The van der Waals surface area contributed by atoms with E-state index in [1.165, 1.54) is 18.9 Å². The van der Waals surface area contributed by atoms with E-state index in [-0.39, 0.29) is 16.5 Å². The molecule has 26 heavy (non-hydrogen) atoms. The van der Waals surface area contributed by atoms with E-state index in [2.05, 4.69) is 4.90 Å². The fraction of sp³-hybridized carbons (Fsp3) is 0.632. The number of carbonyl (C=O) groups is 1. The lowest BCUT2D eigenvalue weighted by Crippen LogP contribution is -2.49. The van der Waals surface area contributed by atoms with Crippen LogP contribution in [-0.2, 0) is 0 Å². The van der Waals surface area contributed by atoms with Crippen LogP contribution in [0.4, 0.5) is 11.4 Å². The molecule has 1 saturated carbocycles. The van der Waals surface area contributed by atoms with Gasteiger partial charge in [-0.05, 0) is 43.7 Å². The molecule has 3 aliphatic rings. The highest BCUT2D eigenvalue weighted by Crippen LogP contribution is 2.32. The average molecular weight is 358 g/mol. The van der Waals surface area contributed by atoms with Crippen LogP contribution in [0.15, 0.2) is 18.2 Å². The first-order valence-electron chi connectivity index (χ1n) is 9.67. The SMILES string of the molecule is O=C(c1ccc(N2CCCC2)c([N+](=O)[O-])c1)N1CCN(CC2CC2)CC1. The summed E-state index contributed by atoms with van der Waals surface area (Å²) >= 11 is 0. The first kappa shape index (κ1) is 17.3. The molecule has 0 unspecified atom stereocenters. The maximum atomic E-state index is 12.8. The van der Waals surface area contributed by atoms with E-state index in [1.807, 2.05) is 9.80 Å². The smallest absolute Gasteiger partial charge is 0.293 e. The normalized spacial score (nSPS) is 21.2. The molecule has 0 N–H and O–H groups in total. The van der Waals surface area contributed by atoms with Gasteiger partial charge in [0, 0.05) is 57.4 Å². The van der Waals surface area contributed by atoms with Crippen molar-refractivity contribution in [2.24, 2.45) is 5.92 Å². The van der Waals surface area contributed by atoms with E-state index < -0.39 is 0 Å². The molecular weight excluding hydrogens is 332 g/mol. The molecule has 7 nitrogen and oxygen atoms in total. The standard InChI is InChI=1S/C19H26N4O3/c24-19(22-11-9-20(10-12-22)14-15-3-4-15)16-5-6-17(18(13-16)23(25)26)21-7-1-2-8-21/h5-6,13,15H,1-4,7-12,14H2. The molecule has 0 aromatic heterocycles. The maximum absolute atomic E-state index is 12.8. The van der Waals surface area contributed by atoms with Crippen molar-refractivity contribution in [3.63, 3.8) is 0 Å². The lowest BCUT2D eigenvalue weighted by molar-refractivity contribution is -0.384. The molecule has 2 heterocycles. The third-order valence-electron chi connectivity index (χ3n) is 5.74. The highest BCUT2D eigenvalue weighted by molar-refractivity contribution is 5.96. The van der Waals surface area contributed by atoms with Gasteiger partial charge in [-0.1, -0.05) is 0 Å². The molecule has 3 fully saturated rings. The summed E-state index contributed by atoms with van der Waals surface area (Å²) in [6.07, 6.45) is 4.80. The van der Waals surface area contributed by atoms with Crippen molar-refractivity contribution in [2.45, 2.75) is 25.7 Å². The van der Waals surface area contributed by atoms with Gasteiger partial charge in [-0.3, -0.25) is 19.8 Å². The number of nitrogens with zero attached hydrogens (tertiary/aromatic N) is 4. The minimum atomic E-state index is -0.363. The molecule has 1 aromatic rings. The Morgan fingerprint density at radius 1 is 1.08 bits per heavy atom. The van der Waals surface area contributed by atoms with Gasteiger partial charge in [0.15, 0.2) is 0 Å². The Balaban J connectivity index is 1.45. The Hall–Kier alpha value is -2.15. The van der Waals surface area contributed by atoms with Crippen LogP contribution in [0, 0.1) is 16.0 Å². The lowest BCUT2D eigenvalue weighted by Gasteiger charge is -2.34. The summed E-state index contributed by atoms with van der Waals surface area (Å²) in [6, 6.07) is 4.96. The first-order chi connectivity index (χ1) is 12.6. The highest BCUT2D eigenvalue weighted by Gasteiger charge is 2.29. The Labute approximate surface area is 153 Å². The van der Waals surface area contributed by atoms with Crippen molar-refractivity contribution in [3.05, 3.63) is 33.9 Å². The van der Waals surface area contributed by atoms with Gasteiger partial charge >= 0.3 is 0 Å². The molecule has 0 radical (unpaired) electrons. The summed E-state index contributed by atoms with van der Waals surface area (Å²) in [7, 11) is 0. The summed E-state index contributed by atoms with van der Waals surface area (Å²) in [4.78, 5) is 30.3. The van der Waals surface area contributed by atoms with E-state index in [4.69, 9.17) is 0 Å². The number of hydrogen-bond donors (Lipinski definition) is 0. The Bertz CT molecular complexity index is 690. The number of nitro groups is 1. The summed E-state index contributed by atoms with van der Waals surface area (Å²) in [5.74, 6) is 0.769. The molecular formula is C19H26N4O3. The fourth-order valence-corrected chi connectivity index (χ4v) is 4.01. The van der Waals surface area contributed by atoms with Gasteiger partial charge in [0.1, 0.15) is 5.69 Å². The molecule has 1 aromatic carbocycles. The number of amides is 1. The van der Waals surface area contributed by atoms with Crippen LogP contribution in [-0.4, -0.2) is 66.4 Å². The molecule has 0 bridgehead atoms. The second-order valence-corrected chi connectivity index (χ2v) is 7.69. The van der Waals surface area contributed by atoms with Gasteiger partial charge in [-0.15, -0.1) is 0 Å². The fourth-order valence-electron chi connectivity index (χ4n) is 4.01. The second kappa shape index (κ2) is 7.23. The molecule has 0 atom stereocenters. The van der Waals surface area contributed by atoms with Gasteiger partial charge in [-0.25, -0.2) is 0 Å². The van der Waals surface area contributed by atoms with Crippen LogP contribution >= 0.6 is 0 Å². The Kier molecular flexibility index (Phi) is 4.80. The largest absolute Gasteiger partial charge is 0.366 e. The van der Waals surface area contributed by atoms with Gasteiger partial charge in [-0.2, -0.15) is 0 Å². The molecule has 7 heteroatoms. The number of rotatable bonds is 5. The van der Waals surface area contributed by atoms with Crippen molar-refractivity contribution < 1.29 is 9.72 Å². The van der Waals surface area contributed by atoms with E-state index in [1.54, 1.807) is 12.1 Å². The van der Waals surface area contributed by atoms with Crippen molar-refractivity contribution in [1.29, 1.82) is 0 Å². The van der Waals surface area contributed by atoms with E-state index in [9.17, 15) is 14.9 Å². The monoisotopic (exact) mass is 358 g/mol. The molecule has 4 rings (SSSR count). The minimum absolute atomic E-state index is 0.0464. The lowest BCUT2D eigenvalue weighted by atomic mass is 10.1. The number of benzene rings is 1. The molecule has 2 saturated heterocycles. The first-order valence-corrected chi connectivity index (χ1v) is 9.67. The quantitative estimate of drug-likeness (QED) is 0.597. The van der Waals surface area contributed by atoms with Crippen LogP contribution in [0.5, 0.6) is 0 Å². The Morgan fingerprint density at radius 2 is 1.77 bits per heavy atom. The predicted molar refractivity (Wildman–Crippen MR) is 99.6 cm³/mol. The Morgan fingerprint density at radius 3 is 2.38 bits per heavy atom. The predicted octanol–water partition coefficient (Wildman–Crippen LogP) is 2.36. The van der Waals surface area contributed by atoms with Gasteiger partial charge in [0.25, 0.3) is 11.6 Å². The summed E-state index contributed by atoms with van der Waals surface area (Å²) in [6.45, 7) is 6.04. The maximum Gasteiger partial charge on any atom is 0.293 e. The molecule has 140 valence electrons. The summed E-state index contributed by atoms with van der Waals surface area (Å²) in [5, 5.41) is 11.5. The molecule has 1 aliphatic carbocycles. The molecule has 1 amide bonds. The topological polar surface area (TPSA) is 69.9 Å². The molecule has 0 spiro atoms. The second-order valence-electron chi connectivity index (χ2n) is 7.69. The van der Waals surface area contributed by atoms with Crippen LogP contribution < -0.4 is 4.90 Å². The highest BCUT2D eigenvalue weighted by atomic mass is 16.6. The average Bonchev–Trinajstić information content (AvgIpc) is 3.30. The van der Waals surface area contributed by atoms with Gasteiger partial charge in [0.2, 0.25) is 0 Å². The van der Waals surface area contributed by atoms with Crippen LogP contribution in [0.3, 0.4) is 0 Å². The van der Waals surface area contributed by atoms with Crippen LogP contribution in [0.1, 0.15) is 36.0 Å². The summed E-state index contributed by atoms with van der Waals surface area (Å²) in [5.41, 5.74) is 1.11. The summed E-state index contributed by atoms with van der Waals surface area (Å²) < 4.78 is 0. The number of hydrogen-bond acceptors (Lipinski definition) is 5. The van der Waals surface area contributed by atoms with E-state index in [0.717, 1.165) is 51.5 Å². The zero-order valence-corrected chi connectivity index (χ0v) is 15.1. The van der Waals surface area contributed by atoms with Crippen molar-refractivity contribution in [3.8, 4) is 0 Å². The van der Waals surface area contributed by atoms with Crippen molar-refractivity contribution in [2.75, 3.05) is 50.7 Å². The van der Waals surface area contributed by atoms with Gasteiger partial charge < -0.3 is 9.80 Å². The van der Waals surface area contributed by atoms with Gasteiger partial charge in [0.05, 0.1) is 4.92 Å².